The van der Waals surface area contributed by atoms with Crippen molar-refractivity contribution in [3.8, 4) is 0 Å². The van der Waals surface area contributed by atoms with Crippen LogP contribution in [0, 0.1) is 11.3 Å². The molecule has 25 heavy (non-hydrogen) atoms. The number of hydrogen-bond acceptors (Lipinski definition) is 3. The van der Waals surface area contributed by atoms with Gasteiger partial charge in [-0.3, -0.25) is 4.90 Å². The maximum Gasteiger partial charge on any atom is 0.391 e. The van der Waals surface area contributed by atoms with Gasteiger partial charge in [0.15, 0.2) is 9.84 Å². The van der Waals surface area contributed by atoms with Gasteiger partial charge in [-0.15, -0.1) is 0 Å². The van der Waals surface area contributed by atoms with Crippen LogP contribution in [0.5, 0.6) is 0 Å². The molecule has 0 saturated carbocycles. The summed E-state index contributed by atoms with van der Waals surface area (Å²) in [5, 5.41) is -0.802. The van der Waals surface area contributed by atoms with Crippen molar-refractivity contribution in [1.29, 1.82) is 0 Å². The minimum atomic E-state index is -4.20. The molecule has 1 heterocycles. The van der Waals surface area contributed by atoms with E-state index >= 15 is 0 Å². The summed E-state index contributed by atoms with van der Waals surface area (Å²) < 4.78 is 65.0. The molecule has 0 amide bonds. The van der Waals surface area contributed by atoms with Crippen LogP contribution in [0.2, 0.25) is 0 Å². The van der Waals surface area contributed by atoms with Gasteiger partial charge in [-0.1, -0.05) is 39.0 Å². The number of halogens is 3. The van der Waals surface area contributed by atoms with Crippen molar-refractivity contribution < 1.29 is 21.6 Å². The van der Waals surface area contributed by atoms with Gasteiger partial charge in [-0.25, -0.2) is 8.42 Å². The Morgan fingerprint density at radius 1 is 1.08 bits per heavy atom. The molecule has 1 unspecified atom stereocenters. The van der Waals surface area contributed by atoms with Gasteiger partial charge in [0, 0.05) is 0 Å². The van der Waals surface area contributed by atoms with Crippen LogP contribution in [-0.2, 0) is 9.84 Å². The molecule has 1 aliphatic heterocycles. The number of nitrogens with zero attached hydrogens (tertiary/aromatic N) is 1. The molecule has 2 rings (SSSR count). The van der Waals surface area contributed by atoms with E-state index in [1.807, 2.05) is 20.8 Å². The van der Waals surface area contributed by atoms with Crippen LogP contribution in [0.4, 0.5) is 13.2 Å². The summed E-state index contributed by atoms with van der Waals surface area (Å²) in [4.78, 5) is 1.94. The van der Waals surface area contributed by atoms with Gasteiger partial charge in [0.05, 0.1) is 10.8 Å². The number of alkyl halides is 3. The molecule has 1 fully saturated rings. The third-order valence-corrected chi connectivity index (χ3v) is 6.73. The fourth-order valence-corrected chi connectivity index (χ4v) is 5.41. The molecule has 142 valence electrons. The van der Waals surface area contributed by atoms with E-state index in [4.69, 9.17) is 0 Å². The Hall–Kier alpha value is -1.08. The molecule has 0 N–H and O–H groups in total. The van der Waals surface area contributed by atoms with Crippen molar-refractivity contribution in [3.63, 3.8) is 0 Å². The SMILES string of the molecule is CC(C)(C)CC(N1CCC(C(F)(F)F)CC1)S(=O)(=O)c1ccccc1. The molecule has 1 atom stereocenters. The predicted molar refractivity (Wildman–Crippen MR) is 91.8 cm³/mol. The van der Waals surface area contributed by atoms with E-state index in [0.717, 1.165) is 0 Å². The third kappa shape index (κ3) is 5.20. The Morgan fingerprint density at radius 3 is 2.04 bits per heavy atom. The monoisotopic (exact) mass is 377 g/mol. The first kappa shape index (κ1) is 20.2. The average Bonchev–Trinajstić information content (AvgIpc) is 2.52. The van der Waals surface area contributed by atoms with Crippen LogP contribution >= 0.6 is 0 Å². The fourth-order valence-electron chi connectivity index (χ4n) is 3.24. The first-order chi connectivity index (χ1) is 11.4. The molecule has 3 nitrogen and oxygen atoms in total. The topological polar surface area (TPSA) is 37.4 Å². The van der Waals surface area contributed by atoms with Crippen molar-refractivity contribution in [3.05, 3.63) is 30.3 Å². The van der Waals surface area contributed by atoms with E-state index in [-0.39, 0.29) is 36.2 Å². The van der Waals surface area contributed by atoms with Gasteiger partial charge in [-0.05, 0) is 49.9 Å². The Labute approximate surface area is 148 Å². The Kier molecular flexibility index (Phi) is 5.88. The summed E-state index contributed by atoms with van der Waals surface area (Å²) in [7, 11) is -3.64. The zero-order chi connectivity index (χ0) is 18.9. The fraction of sp³-hybridized carbons (Fsp3) is 0.667. The van der Waals surface area contributed by atoms with E-state index in [9.17, 15) is 21.6 Å². The summed E-state index contributed by atoms with van der Waals surface area (Å²) >= 11 is 0. The Bertz CT molecular complexity index is 658. The minimum absolute atomic E-state index is 0.0472. The molecule has 7 heteroatoms. The smallest absolute Gasteiger partial charge is 0.287 e. The lowest BCUT2D eigenvalue weighted by Gasteiger charge is -2.39. The lowest BCUT2D eigenvalue weighted by atomic mass is 9.90. The molecule has 0 radical (unpaired) electrons. The molecule has 1 aromatic rings. The van der Waals surface area contributed by atoms with E-state index in [1.165, 1.54) is 0 Å². The predicted octanol–water partition coefficient (Wildman–Crippen LogP) is 4.50. The summed E-state index contributed by atoms with van der Waals surface area (Å²) in [5.41, 5.74) is -0.257. The maximum atomic E-state index is 13.1. The number of sulfone groups is 1. The number of hydrogen-bond donors (Lipinski definition) is 0. The second-order valence-electron chi connectivity index (χ2n) is 7.93. The van der Waals surface area contributed by atoms with E-state index < -0.39 is 27.3 Å². The largest absolute Gasteiger partial charge is 0.391 e. The normalized spacial score (nSPS) is 19.8. The van der Waals surface area contributed by atoms with Gasteiger partial charge in [0.25, 0.3) is 0 Å². The highest BCUT2D eigenvalue weighted by atomic mass is 32.2. The second kappa shape index (κ2) is 7.27. The van der Waals surface area contributed by atoms with Gasteiger partial charge in [-0.2, -0.15) is 13.2 Å². The lowest BCUT2D eigenvalue weighted by Crippen LogP contribution is -2.48. The van der Waals surface area contributed by atoms with Crippen molar-refractivity contribution in [2.45, 2.75) is 56.5 Å². The minimum Gasteiger partial charge on any atom is -0.287 e. The van der Waals surface area contributed by atoms with Crippen LogP contribution < -0.4 is 0 Å². The third-order valence-electron chi connectivity index (χ3n) is 4.62. The molecular weight excluding hydrogens is 351 g/mol. The van der Waals surface area contributed by atoms with Crippen LogP contribution in [0.25, 0.3) is 0 Å². The number of rotatable bonds is 4. The van der Waals surface area contributed by atoms with Gasteiger partial charge < -0.3 is 0 Å². The molecule has 1 aliphatic rings. The van der Waals surface area contributed by atoms with Gasteiger partial charge in [0.1, 0.15) is 5.37 Å². The van der Waals surface area contributed by atoms with Gasteiger partial charge in [0.2, 0.25) is 0 Å². The molecule has 0 bridgehead atoms. The van der Waals surface area contributed by atoms with E-state index in [0.29, 0.717) is 6.42 Å². The number of piperidine rings is 1. The summed E-state index contributed by atoms with van der Waals surface area (Å²) in [6.07, 6.45) is -3.92. The van der Waals surface area contributed by atoms with Gasteiger partial charge >= 0.3 is 6.18 Å². The highest BCUT2D eigenvalue weighted by Crippen LogP contribution is 2.37. The molecular formula is C18H26F3NO2S. The standard InChI is InChI=1S/C18H26F3NO2S/c1-17(2,3)13-16(25(23,24)15-7-5-4-6-8-15)22-11-9-14(10-12-22)18(19,20)21/h4-8,14,16H,9-13H2,1-3H3. The number of benzene rings is 1. The summed E-state index contributed by atoms with van der Waals surface area (Å²) in [6.45, 7) is 6.14. The molecule has 0 spiro atoms. The molecule has 0 aliphatic carbocycles. The molecule has 0 aromatic heterocycles. The van der Waals surface area contributed by atoms with Crippen LogP contribution in [0.1, 0.15) is 40.0 Å². The van der Waals surface area contributed by atoms with Crippen molar-refractivity contribution in [1.82, 2.24) is 4.90 Å². The van der Waals surface area contributed by atoms with E-state index in [1.54, 1.807) is 35.2 Å². The maximum absolute atomic E-state index is 13.1. The van der Waals surface area contributed by atoms with E-state index in [2.05, 4.69) is 0 Å². The zero-order valence-corrected chi connectivity index (χ0v) is 15.7. The number of likely N-dealkylation sites (tertiary alicyclic amines) is 1. The summed E-state index contributed by atoms with van der Waals surface area (Å²) in [5.74, 6) is -1.33. The zero-order valence-electron chi connectivity index (χ0n) is 14.9. The molecule has 1 saturated heterocycles. The van der Waals surface area contributed by atoms with Crippen LogP contribution in [0.15, 0.2) is 35.2 Å². The average molecular weight is 377 g/mol. The van der Waals surface area contributed by atoms with Crippen molar-refractivity contribution in [2.24, 2.45) is 11.3 Å². The lowest BCUT2D eigenvalue weighted by molar-refractivity contribution is -0.185. The summed E-state index contributed by atoms with van der Waals surface area (Å²) in [6, 6.07) is 8.17. The highest BCUT2D eigenvalue weighted by Gasteiger charge is 2.44. The van der Waals surface area contributed by atoms with Crippen molar-refractivity contribution >= 4 is 9.84 Å². The quantitative estimate of drug-likeness (QED) is 0.775. The Morgan fingerprint density at radius 2 is 1.60 bits per heavy atom. The first-order valence-electron chi connectivity index (χ1n) is 8.51. The van der Waals surface area contributed by atoms with Crippen LogP contribution in [0.3, 0.4) is 0 Å². The van der Waals surface area contributed by atoms with Crippen molar-refractivity contribution in [2.75, 3.05) is 13.1 Å². The van der Waals surface area contributed by atoms with Crippen LogP contribution in [-0.4, -0.2) is 38.0 Å². The highest BCUT2D eigenvalue weighted by molar-refractivity contribution is 7.92. The second-order valence-corrected chi connectivity index (χ2v) is 10.0. The molecule has 1 aromatic carbocycles. The first-order valence-corrected chi connectivity index (χ1v) is 10.1. The Balaban J connectivity index is 2.26.